The SMILES string of the molecule is COc1ccc(C23CCC(CNc4cccc(/C=C/c5nc(C)no5)c4)(CC2)CC3)cc1. The Morgan fingerprint density at radius 1 is 1.00 bits per heavy atom. The van der Waals surface area contributed by atoms with Gasteiger partial charge in [0, 0.05) is 18.3 Å². The van der Waals surface area contributed by atoms with Gasteiger partial charge in [-0.3, -0.25) is 0 Å². The van der Waals surface area contributed by atoms with Crippen molar-refractivity contribution in [1.82, 2.24) is 10.1 Å². The lowest BCUT2D eigenvalue weighted by Crippen LogP contribution is -2.47. The first-order valence-corrected chi connectivity index (χ1v) is 11.6. The number of anilines is 1. The number of nitrogens with zero attached hydrogens (tertiary/aromatic N) is 2. The predicted octanol–water partition coefficient (Wildman–Crippen LogP) is 6.26. The van der Waals surface area contributed by atoms with Gasteiger partial charge < -0.3 is 14.6 Å². The van der Waals surface area contributed by atoms with Crippen molar-refractivity contribution in [3.8, 4) is 5.75 Å². The van der Waals surface area contributed by atoms with Crippen LogP contribution in [0.3, 0.4) is 0 Å². The Balaban J connectivity index is 1.21. The zero-order chi connectivity index (χ0) is 22.0. The molecule has 0 spiro atoms. The van der Waals surface area contributed by atoms with E-state index < -0.39 is 0 Å². The summed E-state index contributed by atoms with van der Waals surface area (Å²) in [5, 5.41) is 7.56. The van der Waals surface area contributed by atoms with Crippen molar-refractivity contribution >= 4 is 17.8 Å². The average Bonchev–Trinajstić information content (AvgIpc) is 3.28. The molecule has 2 bridgehead atoms. The Kier molecular flexibility index (Phi) is 5.50. The number of rotatable bonds is 7. The third kappa shape index (κ3) is 4.16. The number of nitrogens with one attached hydrogen (secondary N) is 1. The van der Waals surface area contributed by atoms with Gasteiger partial charge >= 0.3 is 0 Å². The summed E-state index contributed by atoms with van der Waals surface area (Å²) in [5.74, 6) is 2.12. The quantitative estimate of drug-likeness (QED) is 0.480. The van der Waals surface area contributed by atoms with Crippen LogP contribution in [0.25, 0.3) is 12.2 Å². The van der Waals surface area contributed by atoms with Crippen LogP contribution in [0.4, 0.5) is 5.69 Å². The van der Waals surface area contributed by atoms with Crippen LogP contribution >= 0.6 is 0 Å². The maximum absolute atomic E-state index is 5.35. The molecule has 0 saturated heterocycles. The normalized spacial score (nSPS) is 24.7. The summed E-state index contributed by atoms with van der Waals surface area (Å²) in [6.45, 7) is 2.87. The predicted molar refractivity (Wildman–Crippen MR) is 128 cm³/mol. The van der Waals surface area contributed by atoms with Crippen LogP contribution in [0.15, 0.2) is 53.1 Å². The van der Waals surface area contributed by atoms with E-state index in [2.05, 4.69) is 64.0 Å². The second kappa shape index (κ2) is 8.45. The standard InChI is InChI=1S/C27H31N3O2/c1-20-29-25(32-30-20)11-6-21-4-3-5-23(18-21)28-19-26-12-15-27(16-13-26,17-14-26)22-7-9-24(31-2)10-8-22/h3-11,18,28H,12-17,19H2,1-2H3/b11-6+. The lowest BCUT2D eigenvalue weighted by atomic mass is 9.52. The van der Waals surface area contributed by atoms with Gasteiger partial charge in [0.1, 0.15) is 5.75 Å². The first-order chi connectivity index (χ1) is 15.6. The van der Waals surface area contributed by atoms with Crippen LogP contribution in [-0.4, -0.2) is 23.8 Å². The molecule has 5 nitrogen and oxygen atoms in total. The fourth-order valence-electron chi connectivity index (χ4n) is 5.50. The highest BCUT2D eigenvalue weighted by molar-refractivity contribution is 5.68. The average molecular weight is 430 g/mol. The van der Waals surface area contributed by atoms with Crippen molar-refractivity contribution in [2.45, 2.75) is 50.9 Å². The molecule has 1 aromatic heterocycles. The summed E-state index contributed by atoms with van der Waals surface area (Å²) in [5.41, 5.74) is 4.57. The van der Waals surface area contributed by atoms with E-state index in [-0.39, 0.29) is 0 Å². The summed E-state index contributed by atoms with van der Waals surface area (Å²) in [7, 11) is 1.73. The molecule has 166 valence electrons. The maximum atomic E-state index is 5.35. The Labute approximate surface area is 189 Å². The maximum Gasteiger partial charge on any atom is 0.250 e. The second-order valence-electron chi connectivity index (χ2n) is 9.50. The van der Waals surface area contributed by atoms with Crippen molar-refractivity contribution in [1.29, 1.82) is 0 Å². The Hall–Kier alpha value is -3.08. The van der Waals surface area contributed by atoms with Crippen molar-refractivity contribution in [2.24, 2.45) is 5.41 Å². The van der Waals surface area contributed by atoms with Gasteiger partial charge in [0.25, 0.3) is 5.89 Å². The van der Waals surface area contributed by atoms with E-state index in [4.69, 9.17) is 9.26 Å². The van der Waals surface area contributed by atoms with Crippen LogP contribution in [-0.2, 0) is 5.41 Å². The Morgan fingerprint density at radius 2 is 1.75 bits per heavy atom. The molecule has 32 heavy (non-hydrogen) atoms. The Morgan fingerprint density at radius 3 is 2.41 bits per heavy atom. The highest BCUT2D eigenvalue weighted by atomic mass is 16.5. The molecule has 3 fully saturated rings. The van der Waals surface area contributed by atoms with Gasteiger partial charge in [-0.25, -0.2) is 0 Å². The molecule has 3 aromatic rings. The third-order valence-electron chi connectivity index (χ3n) is 7.62. The molecule has 0 aliphatic heterocycles. The van der Waals surface area contributed by atoms with Gasteiger partial charge in [-0.1, -0.05) is 29.4 Å². The molecule has 2 aromatic carbocycles. The highest BCUT2D eigenvalue weighted by Gasteiger charge is 2.49. The van der Waals surface area contributed by atoms with E-state index in [0.29, 0.717) is 22.5 Å². The van der Waals surface area contributed by atoms with Gasteiger partial charge in [-0.05, 0) is 97.7 Å². The molecule has 1 N–H and O–H groups in total. The van der Waals surface area contributed by atoms with Crippen LogP contribution in [0.5, 0.6) is 5.75 Å². The van der Waals surface area contributed by atoms with E-state index in [1.165, 1.54) is 49.8 Å². The summed E-state index contributed by atoms with van der Waals surface area (Å²) < 4.78 is 10.5. The minimum atomic E-state index is 0.367. The summed E-state index contributed by atoms with van der Waals surface area (Å²) in [6.07, 6.45) is 11.6. The molecule has 0 amide bonds. The number of hydrogen-bond donors (Lipinski definition) is 1. The molecule has 3 aliphatic carbocycles. The summed E-state index contributed by atoms with van der Waals surface area (Å²) in [6, 6.07) is 17.3. The number of fused-ring (bicyclic) bond motifs is 3. The van der Waals surface area contributed by atoms with Gasteiger partial charge in [-0.2, -0.15) is 4.98 Å². The molecular weight excluding hydrogens is 398 g/mol. The number of hydrogen-bond acceptors (Lipinski definition) is 5. The van der Waals surface area contributed by atoms with Crippen LogP contribution in [0.2, 0.25) is 0 Å². The molecule has 0 atom stereocenters. The fraction of sp³-hybridized carbons (Fsp3) is 0.407. The largest absolute Gasteiger partial charge is 0.497 e. The Bertz CT molecular complexity index is 1080. The van der Waals surface area contributed by atoms with Gasteiger partial charge in [-0.15, -0.1) is 0 Å². The van der Waals surface area contributed by atoms with Gasteiger partial charge in [0.05, 0.1) is 7.11 Å². The topological polar surface area (TPSA) is 60.2 Å². The van der Waals surface area contributed by atoms with Crippen molar-refractivity contribution in [3.63, 3.8) is 0 Å². The number of ether oxygens (including phenoxy) is 1. The second-order valence-corrected chi connectivity index (χ2v) is 9.50. The highest BCUT2D eigenvalue weighted by Crippen LogP contribution is 2.57. The molecule has 3 saturated carbocycles. The van der Waals surface area contributed by atoms with Crippen molar-refractivity contribution < 1.29 is 9.26 Å². The molecule has 1 heterocycles. The summed E-state index contributed by atoms with van der Waals surface area (Å²) in [4.78, 5) is 4.22. The van der Waals surface area contributed by atoms with Crippen LogP contribution in [0.1, 0.15) is 61.4 Å². The smallest absolute Gasteiger partial charge is 0.250 e. The van der Waals surface area contributed by atoms with E-state index in [0.717, 1.165) is 17.9 Å². The first kappa shape index (κ1) is 20.8. The summed E-state index contributed by atoms with van der Waals surface area (Å²) >= 11 is 0. The molecular formula is C27H31N3O2. The van der Waals surface area contributed by atoms with E-state index in [1.807, 2.05) is 19.1 Å². The molecule has 3 aliphatic rings. The zero-order valence-corrected chi connectivity index (χ0v) is 18.9. The molecule has 6 rings (SSSR count). The van der Waals surface area contributed by atoms with Crippen LogP contribution in [0, 0.1) is 12.3 Å². The fourth-order valence-corrected chi connectivity index (χ4v) is 5.50. The lowest BCUT2D eigenvalue weighted by molar-refractivity contribution is 0.0506. The third-order valence-corrected chi connectivity index (χ3v) is 7.62. The molecule has 5 heteroatoms. The van der Waals surface area contributed by atoms with Crippen LogP contribution < -0.4 is 10.1 Å². The van der Waals surface area contributed by atoms with Crippen molar-refractivity contribution in [2.75, 3.05) is 19.0 Å². The van der Waals surface area contributed by atoms with E-state index >= 15 is 0 Å². The molecule has 0 radical (unpaired) electrons. The van der Waals surface area contributed by atoms with E-state index in [9.17, 15) is 0 Å². The molecule has 0 unspecified atom stereocenters. The minimum Gasteiger partial charge on any atom is -0.497 e. The van der Waals surface area contributed by atoms with Crippen molar-refractivity contribution in [3.05, 3.63) is 71.4 Å². The monoisotopic (exact) mass is 429 g/mol. The first-order valence-electron chi connectivity index (χ1n) is 11.6. The van der Waals surface area contributed by atoms with E-state index in [1.54, 1.807) is 7.11 Å². The minimum absolute atomic E-state index is 0.367. The van der Waals surface area contributed by atoms with Gasteiger partial charge in [0.2, 0.25) is 0 Å². The number of aryl methyl sites for hydroxylation is 1. The number of benzene rings is 2. The van der Waals surface area contributed by atoms with Gasteiger partial charge in [0.15, 0.2) is 5.82 Å². The lowest BCUT2D eigenvalue weighted by Gasteiger charge is -2.54. The number of aromatic nitrogens is 2. The zero-order valence-electron chi connectivity index (χ0n) is 18.9. The number of methoxy groups -OCH3 is 1.